The molecule has 0 aliphatic carbocycles. The molecule has 2 rings (SSSR count). The molecule has 0 saturated carbocycles. The first-order chi connectivity index (χ1) is 12.2. The molecule has 0 spiro atoms. The highest BCUT2D eigenvalue weighted by Gasteiger charge is 2.14. The van der Waals surface area contributed by atoms with Crippen molar-refractivity contribution in [1.29, 1.82) is 0 Å². The minimum atomic E-state index is -0.425. The molecule has 26 heavy (non-hydrogen) atoms. The summed E-state index contributed by atoms with van der Waals surface area (Å²) in [5.74, 6) is 0.864. The first-order valence-electron chi connectivity index (χ1n) is 7.63. The van der Waals surface area contributed by atoms with Crippen LogP contribution in [-0.2, 0) is 6.54 Å². The summed E-state index contributed by atoms with van der Waals surface area (Å²) in [6.45, 7) is 5.61. The summed E-state index contributed by atoms with van der Waals surface area (Å²) >= 11 is 0. The van der Waals surface area contributed by atoms with Crippen molar-refractivity contribution in [3.63, 3.8) is 0 Å². The molecule has 1 amide bonds. The lowest BCUT2D eigenvalue weighted by Gasteiger charge is -2.11. The van der Waals surface area contributed by atoms with Crippen LogP contribution in [0.4, 0.5) is 5.82 Å². The average Bonchev–Trinajstić information content (AvgIpc) is 3.06. The van der Waals surface area contributed by atoms with Crippen molar-refractivity contribution in [3.05, 3.63) is 42.1 Å². The minimum absolute atomic E-state index is 0. The SMILES string of the molecule is C=CCOc1ccc(CNCCNC(=O)c2nonc2N)cc1OC.Cl. The van der Waals surface area contributed by atoms with Gasteiger partial charge in [0.1, 0.15) is 6.61 Å². The zero-order valence-electron chi connectivity index (χ0n) is 14.4. The quantitative estimate of drug-likeness (QED) is 0.412. The fourth-order valence-corrected chi connectivity index (χ4v) is 2.02. The maximum absolute atomic E-state index is 11.7. The van der Waals surface area contributed by atoms with E-state index in [9.17, 15) is 4.79 Å². The van der Waals surface area contributed by atoms with Gasteiger partial charge in [0.05, 0.1) is 7.11 Å². The molecule has 0 radical (unpaired) electrons. The Morgan fingerprint density at radius 1 is 1.35 bits per heavy atom. The van der Waals surface area contributed by atoms with Gasteiger partial charge < -0.3 is 25.8 Å². The number of hydrogen-bond acceptors (Lipinski definition) is 8. The van der Waals surface area contributed by atoms with Gasteiger partial charge in [-0.25, -0.2) is 4.63 Å². The number of nitrogens with two attached hydrogens (primary N) is 1. The fourth-order valence-electron chi connectivity index (χ4n) is 2.02. The number of ether oxygens (including phenoxy) is 2. The molecule has 0 unspecified atom stereocenters. The molecule has 9 nitrogen and oxygen atoms in total. The molecule has 1 aromatic carbocycles. The number of rotatable bonds is 10. The number of anilines is 1. The Bertz CT molecular complexity index is 722. The lowest BCUT2D eigenvalue weighted by molar-refractivity contribution is 0.0944. The third-order valence-corrected chi connectivity index (χ3v) is 3.23. The second-order valence-electron chi connectivity index (χ2n) is 5.02. The summed E-state index contributed by atoms with van der Waals surface area (Å²) in [5.41, 5.74) is 6.46. The van der Waals surface area contributed by atoms with Gasteiger partial charge in [-0.1, -0.05) is 18.7 Å². The Labute approximate surface area is 157 Å². The zero-order chi connectivity index (χ0) is 18.1. The molecule has 0 bridgehead atoms. The number of hydrogen-bond donors (Lipinski definition) is 3. The number of methoxy groups -OCH3 is 1. The smallest absolute Gasteiger partial charge is 0.277 e. The Morgan fingerprint density at radius 2 is 2.15 bits per heavy atom. The normalized spacial score (nSPS) is 9.88. The first kappa shape index (κ1) is 21.3. The molecule has 0 fully saturated rings. The lowest BCUT2D eigenvalue weighted by atomic mass is 10.2. The van der Waals surface area contributed by atoms with E-state index >= 15 is 0 Å². The number of amides is 1. The molecule has 4 N–H and O–H groups in total. The van der Waals surface area contributed by atoms with E-state index in [1.165, 1.54) is 0 Å². The molecular formula is C16H22ClN5O4. The van der Waals surface area contributed by atoms with Crippen LogP contribution in [-0.4, -0.2) is 43.0 Å². The Kier molecular flexibility index (Phi) is 8.96. The predicted molar refractivity (Wildman–Crippen MR) is 98.7 cm³/mol. The molecule has 2 aromatic rings. The van der Waals surface area contributed by atoms with Crippen LogP contribution >= 0.6 is 12.4 Å². The van der Waals surface area contributed by atoms with E-state index in [0.29, 0.717) is 37.7 Å². The number of nitrogens with one attached hydrogen (secondary N) is 2. The molecule has 1 aromatic heterocycles. The van der Waals surface area contributed by atoms with Crippen LogP contribution in [0.25, 0.3) is 0 Å². The maximum atomic E-state index is 11.7. The summed E-state index contributed by atoms with van der Waals surface area (Å²) in [6.07, 6.45) is 1.67. The Hall–Kier alpha value is -2.78. The highest BCUT2D eigenvalue weighted by molar-refractivity contribution is 5.95. The van der Waals surface area contributed by atoms with Crippen LogP contribution < -0.4 is 25.8 Å². The third kappa shape index (κ3) is 5.94. The summed E-state index contributed by atoms with van der Waals surface area (Å²) in [5, 5.41) is 12.7. The molecule has 0 atom stereocenters. The first-order valence-corrected chi connectivity index (χ1v) is 7.63. The molecule has 0 aliphatic rings. The Morgan fingerprint density at radius 3 is 2.81 bits per heavy atom. The van der Waals surface area contributed by atoms with Gasteiger partial charge in [-0.3, -0.25) is 4.79 Å². The molecule has 142 valence electrons. The fraction of sp³-hybridized carbons (Fsp3) is 0.312. The molecular weight excluding hydrogens is 362 g/mol. The van der Waals surface area contributed by atoms with E-state index in [-0.39, 0.29) is 23.9 Å². The van der Waals surface area contributed by atoms with Crippen LogP contribution in [0.15, 0.2) is 35.5 Å². The van der Waals surface area contributed by atoms with E-state index in [1.54, 1.807) is 13.2 Å². The molecule has 0 aliphatic heterocycles. The molecule has 10 heteroatoms. The number of aromatic nitrogens is 2. The van der Waals surface area contributed by atoms with Gasteiger partial charge in [-0.15, -0.1) is 12.4 Å². The van der Waals surface area contributed by atoms with Crippen LogP contribution in [0.2, 0.25) is 0 Å². The van der Waals surface area contributed by atoms with Gasteiger partial charge in [0, 0.05) is 19.6 Å². The third-order valence-electron chi connectivity index (χ3n) is 3.23. The van der Waals surface area contributed by atoms with Crippen molar-refractivity contribution in [2.45, 2.75) is 6.54 Å². The highest BCUT2D eigenvalue weighted by atomic mass is 35.5. The summed E-state index contributed by atoms with van der Waals surface area (Å²) in [4.78, 5) is 11.7. The number of benzene rings is 1. The van der Waals surface area contributed by atoms with Crippen LogP contribution in [0.3, 0.4) is 0 Å². The number of halogens is 1. The van der Waals surface area contributed by atoms with E-state index in [1.807, 2.05) is 18.2 Å². The number of carbonyl (C=O) groups excluding carboxylic acids is 1. The van der Waals surface area contributed by atoms with E-state index < -0.39 is 5.91 Å². The van der Waals surface area contributed by atoms with Crippen molar-refractivity contribution in [1.82, 2.24) is 20.9 Å². The van der Waals surface area contributed by atoms with E-state index in [0.717, 1.165) is 5.56 Å². The summed E-state index contributed by atoms with van der Waals surface area (Å²) < 4.78 is 15.2. The van der Waals surface area contributed by atoms with Gasteiger partial charge in [-0.05, 0) is 28.0 Å². The molecule has 0 saturated heterocycles. The highest BCUT2D eigenvalue weighted by Crippen LogP contribution is 2.27. The van der Waals surface area contributed by atoms with E-state index in [4.69, 9.17) is 15.2 Å². The molecule has 1 heterocycles. The maximum Gasteiger partial charge on any atom is 0.277 e. The largest absolute Gasteiger partial charge is 0.493 e. The van der Waals surface area contributed by atoms with Gasteiger partial charge in [0.25, 0.3) is 5.91 Å². The Balaban J connectivity index is 0.00000338. The zero-order valence-corrected chi connectivity index (χ0v) is 15.2. The van der Waals surface area contributed by atoms with Gasteiger partial charge in [0.2, 0.25) is 11.5 Å². The van der Waals surface area contributed by atoms with Crippen LogP contribution in [0.5, 0.6) is 11.5 Å². The predicted octanol–water partition coefficient (Wildman–Crippen LogP) is 1.17. The standard InChI is InChI=1S/C16H21N5O4.ClH/c1-3-8-24-12-5-4-11(9-13(12)23-2)10-18-6-7-19-16(22)14-15(17)21-25-20-14;/h3-5,9,18H,1,6-8,10H2,2H3,(H2,17,21)(H,19,22);1H. The number of nitrogen functional groups attached to an aromatic ring is 1. The average molecular weight is 384 g/mol. The van der Waals surface area contributed by atoms with Crippen LogP contribution in [0.1, 0.15) is 16.1 Å². The summed E-state index contributed by atoms with van der Waals surface area (Å²) in [6, 6.07) is 5.68. The van der Waals surface area contributed by atoms with E-state index in [2.05, 4.69) is 32.2 Å². The van der Waals surface area contributed by atoms with Crippen molar-refractivity contribution in [2.75, 3.05) is 32.5 Å². The second-order valence-corrected chi connectivity index (χ2v) is 5.02. The van der Waals surface area contributed by atoms with Crippen molar-refractivity contribution in [3.8, 4) is 11.5 Å². The van der Waals surface area contributed by atoms with Crippen LogP contribution in [0, 0.1) is 0 Å². The van der Waals surface area contributed by atoms with Crippen molar-refractivity contribution in [2.24, 2.45) is 0 Å². The monoisotopic (exact) mass is 383 g/mol. The summed E-state index contributed by atoms with van der Waals surface area (Å²) in [7, 11) is 1.59. The van der Waals surface area contributed by atoms with Crippen molar-refractivity contribution >= 4 is 24.1 Å². The van der Waals surface area contributed by atoms with Gasteiger partial charge >= 0.3 is 0 Å². The second kappa shape index (κ2) is 11.0. The number of nitrogens with zero attached hydrogens (tertiary/aromatic N) is 2. The number of carbonyl (C=O) groups is 1. The minimum Gasteiger partial charge on any atom is -0.493 e. The van der Waals surface area contributed by atoms with Gasteiger partial charge in [0.15, 0.2) is 11.5 Å². The van der Waals surface area contributed by atoms with Crippen molar-refractivity contribution < 1.29 is 18.9 Å². The lowest BCUT2D eigenvalue weighted by Crippen LogP contribution is -2.32. The topological polar surface area (TPSA) is 125 Å². The van der Waals surface area contributed by atoms with Gasteiger partial charge in [-0.2, -0.15) is 0 Å².